The van der Waals surface area contributed by atoms with Crippen LogP contribution in [0.1, 0.15) is 30.4 Å². The highest BCUT2D eigenvalue weighted by molar-refractivity contribution is 6.31. The smallest absolute Gasteiger partial charge is 0.408 e. The van der Waals surface area contributed by atoms with E-state index in [2.05, 4.69) is 10.6 Å². The molecule has 0 bridgehead atoms. The fourth-order valence-electron chi connectivity index (χ4n) is 3.05. The number of benzene rings is 2. The molecule has 0 radical (unpaired) electrons. The van der Waals surface area contributed by atoms with Gasteiger partial charge in [0.25, 0.3) is 0 Å². The highest BCUT2D eigenvalue weighted by Gasteiger charge is 2.26. The molecule has 0 aromatic heterocycles. The van der Waals surface area contributed by atoms with E-state index in [1.54, 1.807) is 24.3 Å². The normalized spacial score (nSPS) is 12.4. The number of ether oxygens (including phenoxy) is 1. The van der Waals surface area contributed by atoms with Gasteiger partial charge < -0.3 is 26.8 Å². The van der Waals surface area contributed by atoms with Crippen molar-refractivity contribution in [3.05, 3.63) is 70.7 Å². The van der Waals surface area contributed by atoms with E-state index in [-0.39, 0.29) is 13.0 Å². The standard InChI is InChI=1S/C23H29ClN4O4/c24-18-11-5-4-10-17(18)15-32-23(31)28-19(12-6-7-13-25)22(30)27-20(21(26)29)14-16-8-2-1-3-9-16/h1-5,8-11,19-20H,6-7,12-15,25H2,(H2,26,29)(H,27,30)(H,28,31)/t19-,20-/m0/s1. The summed E-state index contributed by atoms with van der Waals surface area (Å²) in [5.41, 5.74) is 12.5. The lowest BCUT2D eigenvalue weighted by Gasteiger charge is -2.22. The van der Waals surface area contributed by atoms with Crippen LogP contribution < -0.4 is 22.1 Å². The number of amides is 3. The van der Waals surface area contributed by atoms with Gasteiger partial charge in [0.2, 0.25) is 11.8 Å². The molecule has 3 amide bonds. The molecule has 2 aromatic carbocycles. The van der Waals surface area contributed by atoms with Crippen molar-refractivity contribution in [1.82, 2.24) is 10.6 Å². The van der Waals surface area contributed by atoms with Crippen molar-refractivity contribution in [2.24, 2.45) is 11.5 Å². The van der Waals surface area contributed by atoms with Crippen LogP contribution >= 0.6 is 11.6 Å². The number of carbonyl (C=O) groups is 3. The second-order valence-electron chi connectivity index (χ2n) is 7.30. The molecule has 0 fully saturated rings. The van der Waals surface area contributed by atoms with Crippen LogP contribution in [0.15, 0.2) is 54.6 Å². The fraction of sp³-hybridized carbons (Fsp3) is 0.348. The van der Waals surface area contributed by atoms with Crippen LogP contribution in [0.2, 0.25) is 5.02 Å². The molecular weight excluding hydrogens is 432 g/mol. The molecule has 0 aliphatic heterocycles. The van der Waals surface area contributed by atoms with Gasteiger partial charge in [-0.3, -0.25) is 9.59 Å². The maximum Gasteiger partial charge on any atom is 0.408 e. The van der Waals surface area contributed by atoms with Gasteiger partial charge in [0.05, 0.1) is 0 Å². The molecular formula is C23H29ClN4O4. The number of nitrogens with two attached hydrogens (primary N) is 2. The summed E-state index contributed by atoms with van der Waals surface area (Å²) in [6.07, 6.45) is 1.11. The van der Waals surface area contributed by atoms with Crippen LogP contribution in [-0.2, 0) is 27.4 Å². The summed E-state index contributed by atoms with van der Waals surface area (Å²) in [5, 5.41) is 5.68. The lowest BCUT2D eigenvalue weighted by Crippen LogP contribution is -2.53. The maximum absolute atomic E-state index is 12.9. The Morgan fingerprint density at radius 3 is 2.28 bits per heavy atom. The van der Waals surface area contributed by atoms with E-state index >= 15 is 0 Å². The number of alkyl carbamates (subject to hydrolysis) is 1. The van der Waals surface area contributed by atoms with Crippen molar-refractivity contribution in [2.45, 2.75) is 44.4 Å². The Kier molecular flexibility index (Phi) is 10.5. The zero-order valence-electron chi connectivity index (χ0n) is 17.8. The van der Waals surface area contributed by atoms with E-state index < -0.39 is 30.0 Å². The summed E-state index contributed by atoms with van der Waals surface area (Å²) in [7, 11) is 0. The van der Waals surface area contributed by atoms with Gasteiger partial charge in [0.15, 0.2) is 0 Å². The van der Waals surface area contributed by atoms with E-state index in [9.17, 15) is 14.4 Å². The maximum atomic E-state index is 12.9. The Morgan fingerprint density at radius 2 is 1.62 bits per heavy atom. The van der Waals surface area contributed by atoms with Crippen molar-refractivity contribution in [2.75, 3.05) is 6.54 Å². The van der Waals surface area contributed by atoms with E-state index in [1.165, 1.54) is 0 Å². The van der Waals surface area contributed by atoms with E-state index in [0.717, 1.165) is 5.56 Å². The monoisotopic (exact) mass is 460 g/mol. The Morgan fingerprint density at radius 1 is 0.938 bits per heavy atom. The minimum Gasteiger partial charge on any atom is -0.445 e. The van der Waals surface area contributed by atoms with E-state index in [0.29, 0.717) is 36.4 Å². The van der Waals surface area contributed by atoms with Gasteiger partial charge in [0, 0.05) is 17.0 Å². The molecule has 172 valence electrons. The lowest BCUT2D eigenvalue weighted by atomic mass is 10.0. The van der Waals surface area contributed by atoms with Gasteiger partial charge >= 0.3 is 6.09 Å². The molecule has 0 aliphatic carbocycles. The average Bonchev–Trinajstić information content (AvgIpc) is 2.78. The molecule has 0 saturated heterocycles. The summed E-state index contributed by atoms with van der Waals surface area (Å²) in [4.78, 5) is 37.1. The molecule has 32 heavy (non-hydrogen) atoms. The Hall–Kier alpha value is -3.10. The summed E-state index contributed by atoms with van der Waals surface area (Å²) >= 11 is 6.07. The molecule has 0 unspecified atom stereocenters. The third-order valence-corrected chi connectivity index (χ3v) is 5.18. The first-order chi connectivity index (χ1) is 15.4. The molecule has 2 aromatic rings. The summed E-state index contributed by atoms with van der Waals surface area (Å²) in [6.45, 7) is 0.420. The van der Waals surface area contributed by atoms with Crippen LogP contribution in [0.4, 0.5) is 4.79 Å². The quantitative estimate of drug-likeness (QED) is 0.360. The number of nitrogens with one attached hydrogen (secondary N) is 2. The first kappa shape index (κ1) is 25.2. The number of rotatable bonds is 12. The Balaban J connectivity index is 2.00. The minimum absolute atomic E-state index is 0.0411. The van der Waals surface area contributed by atoms with Crippen molar-refractivity contribution in [3.63, 3.8) is 0 Å². The molecule has 0 heterocycles. The van der Waals surface area contributed by atoms with Crippen LogP contribution in [0.3, 0.4) is 0 Å². The van der Waals surface area contributed by atoms with Gasteiger partial charge in [0.1, 0.15) is 18.7 Å². The largest absolute Gasteiger partial charge is 0.445 e. The van der Waals surface area contributed by atoms with Crippen molar-refractivity contribution in [3.8, 4) is 0 Å². The second kappa shape index (κ2) is 13.3. The van der Waals surface area contributed by atoms with Crippen LogP contribution in [0.5, 0.6) is 0 Å². The van der Waals surface area contributed by atoms with Crippen molar-refractivity contribution < 1.29 is 19.1 Å². The van der Waals surface area contributed by atoms with Crippen LogP contribution in [0.25, 0.3) is 0 Å². The van der Waals surface area contributed by atoms with Gasteiger partial charge in [-0.25, -0.2) is 4.79 Å². The predicted octanol–water partition coefficient (Wildman–Crippen LogP) is 2.28. The van der Waals surface area contributed by atoms with Crippen molar-refractivity contribution in [1.29, 1.82) is 0 Å². The summed E-state index contributed by atoms with van der Waals surface area (Å²) in [6, 6.07) is 14.4. The third-order valence-electron chi connectivity index (χ3n) is 4.81. The third kappa shape index (κ3) is 8.56. The zero-order valence-corrected chi connectivity index (χ0v) is 18.5. The minimum atomic E-state index is -0.914. The summed E-state index contributed by atoms with van der Waals surface area (Å²) in [5.74, 6) is -1.18. The average molecular weight is 461 g/mol. The topological polar surface area (TPSA) is 137 Å². The van der Waals surface area contributed by atoms with Crippen molar-refractivity contribution >= 4 is 29.5 Å². The highest BCUT2D eigenvalue weighted by atomic mass is 35.5. The number of primary amides is 1. The predicted molar refractivity (Wildman–Crippen MR) is 123 cm³/mol. The molecule has 6 N–H and O–H groups in total. The molecule has 0 saturated carbocycles. The van der Waals surface area contributed by atoms with Gasteiger partial charge in [-0.2, -0.15) is 0 Å². The van der Waals surface area contributed by atoms with Crippen LogP contribution in [0, 0.1) is 0 Å². The van der Waals surface area contributed by atoms with E-state index in [4.69, 9.17) is 27.8 Å². The molecule has 0 aliphatic rings. The number of hydrogen-bond donors (Lipinski definition) is 4. The second-order valence-corrected chi connectivity index (χ2v) is 7.71. The van der Waals surface area contributed by atoms with Gasteiger partial charge in [-0.05, 0) is 37.4 Å². The first-order valence-electron chi connectivity index (χ1n) is 10.4. The lowest BCUT2D eigenvalue weighted by molar-refractivity contribution is -0.128. The molecule has 2 atom stereocenters. The van der Waals surface area contributed by atoms with Gasteiger partial charge in [-0.1, -0.05) is 60.1 Å². The number of hydrogen-bond acceptors (Lipinski definition) is 5. The Labute approximate surface area is 192 Å². The molecule has 2 rings (SSSR count). The zero-order chi connectivity index (χ0) is 23.3. The fourth-order valence-corrected chi connectivity index (χ4v) is 3.24. The molecule has 0 spiro atoms. The number of halogens is 1. The van der Waals surface area contributed by atoms with Crippen LogP contribution in [-0.4, -0.2) is 36.5 Å². The SMILES string of the molecule is NCCCC[C@H](NC(=O)OCc1ccccc1Cl)C(=O)N[C@@H](Cc1ccccc1)C(N)=O. The van der Waals surface area contributed by atoms with Gasteiger partial charge in [-0.15, -0.1) is 0 Å². The Bertz CT molecular complexity index is 895. The molecule has 9 heteroatoms. The molecule has 8 nitrogen and oxygen atoms in total. The number of unbranched alkanes of at least 4 members (excludes halogenated alkanes) is 1. The summed E-state index contributed by atoms with van der Waals surface area (Å²) < 4.78 is 5.21. The first-order valence-corrected chi connectivity index (χ1v) is 10.8. The highest BCUT2D eigenvalue weighted by Crippen LogP contribution is 2.15. The van der Waals surface area contributed by atoms with E-state index in [1.807, 2.05) is 30.3 Å². The number of carbonyl (C=O) groups excluding carboxylic acids is 3.